The molecule has 0 amide bonds. The Bertz CT molecular complexity index is 1510. The molecule has 1 saturated heterocycles. The van der Waals surface area contributed by atoms with Gasteiger partial charge in [-0.05, 0) is 24.3 Å². The fourth-order valence-electron chi connectivity index (χ4n) is 4.18. The molecule has 6 rings (SSSR count). The number of hydrogen-bond acceptors (Lipinski definition) is 6. The lowest BCUT2D eigenvalue weighted by molar-refractivity contribution is 0.0746. The Morgan fingerprint density at radius 2 is 2.00 bits per heavy atom. The molecule has 0 saturated carbocycles. The summed E-state index contributed by atoms with van der Waals surface area (Å²) in [6.07, 6.45) is 3.35. The number of ketones is 1. The van der Waals surface area contributed by atoms with E-state index in [1.807, 2.05) is 30.3 Å². The van der Waals surface area contributed by atoms with Crippen molar-refractivity contribution in [2.45, 2.75) is 6.04 Å². The van der Waals surface area contributed by atoms with Crippen molar-refractivity contribution in [1.82, 2.24) is 25.3 Å². The van der Waals surface area contributed by atoms with E-state index in [0.29, 0.717) is 57.4 Å². The number of carbonyl (C=O) groups excluding carboxylic acids is 1. The smallest absolute Gasteiger partial charge is 0.196 e. The van der Waals surface area contributed by atoms with Gasteiger partial charge in [-0.3, -0.25) is 4.79 Å². The molecule has 3 N–H and O–H groups in total. The van der Waals surface area contributed by atoms with Crippen molar-refractivity contribution in [2.75, 3.05) is 19.8 Å². The number of ether oxygens (including phenoxy) is 2. The predicted octanol–water partition coefficient (Wildman–Crippen LogP) is 4.78. The quantitative estimate of drug-likeness (QED) is 0.317. The number of H-pyrrole nitrogens is 2. The number of nitrogens with one attached hydrogen (secondary N) is 3. The number of para-hydroxylation sites is 1. The van der Waals surface area contributed by atoms with Crippen molar-refractivity contribution >= 4 is 39.5 Å². The number of aromatic nitrogens is 4. The molecule has 0 spiro atoms. The highest BCUT2D eigenvalue weighted by molar-refractivity contribution is 6.36. The van der Waals surface area contributed by atoms with Crippen LogP contribution in [0.5, 0.6) is 11.5 Å². The van der Waals surface area contributed by atoms with Crippen LogP contribution in [-0.2, 0) is 4.74 Å². The second-order valence-corrected chi connectivity index (χ2v) is 8.44. The maximum Gasteiger partial charge on any atom is 0.196 e. The number of nitrogens with zero attached hydrogens (tertiary/aromatic N) is 2. The maximum absolute atomic E-state index is 13.5. The van der Waals surface area contributed by atoms with Gasteiger partial charge in [0, 0.05) is 24.4 Å². The number of morpholine rings is 1. The number of imidazole rings is 1. The Kier molecular flexibility index (Phi) is 5.26. The summed E-state index contributed by atoms with van der Waals surface area (Å²) >= 11 is 6.51. The summed E-state index contributed by atoms with van der Waals surface area (Å²) in [6, 6.07) is 14.4. The summed E-state index contributed by atoms with van der Waals surface area (Å²) in [4.78, 5) is 29.1. The van der Waals surface area contributed by atoms with Crippen molar-refractivity contribution in [3.63, 3.8) is 0 Å². The average molecular weight is 474 g/mol. The number of aromatic amines is 2. The van der Waals surface area contributed by atoms with Gasteiger partial charge in [0.2, 0.25) is 0 Å². The maximum atomic E-state index is 13.5. The first-order valence-corrected chi connectivity index (χ1v) is 11.3. The van der Waals surface area contributed by atoms with Gasteiger partial charge < -0.3 is 24.8 Å². The Labute approximate surface area is 199 Å². The molecule has 0 aliphatic carbocycles. The molecule has 1 aliphatic rings. The Morgan fingerprint density at radius 1 is 1.12 bits per heavy atom. The molecule has 0 radical (unpaired) electrons. The molecule has 1 fully saturated rings. The van der Waals surface area contributed by atoms with Crippen LogP contribution in [0.3, 0.4) is 0 Å². The van der Waals surface area contributed by atoms with Gasteiger partial charge >= 0.3 is 0 Å². The van der Waals surface area contributed by atoms with Crippen LogP contribution in [0, 0.1) is 0 Å². The zero-order chi connectivity index (χ0) is 23.1. The number of benzene rings is 2. The highest BCUT2D eigenvalue weighted by Crippen LogP contribution is 2.32. The number of pyridine rings is 1. The predicted molar refractivity (Wildman–Crippen MR) is 129 cm³/mol. The third kappa shape index (κ3) is 3.71. The third-order valence-electron chi connectivity index (χ3n) is 5.84. The molecule has 4 heterocycles. The van der Waals surface area contributed by atoms with E-state index in [4.69, 9.17) is 21.1 Å². The monoisotopic (exact) mass is 473 g/mol. The van der Waals surface area contributed by atoms with Crippen molar-refractivity contribution < 1.29 is 14.3 Å². The first-order chi connectivity index (χ1) is 16.7. The van der Waals surface area contributed by atoms with E-state index < -0.39 is 0 Å². The second kappa shape index (κ2) is 8.57. The molecule has 170 valence electrons. The number of halogens is 1. The first kappa shape index (κ1) is 20.9. The molecule has 1 unspecified atom stereocenters. The lowest BCUT2D eigenvalue weighted by atomic mass is 10.0. The van der Waals surface area contributed by atoms with Crippen molar-refractivity contribution in [1.29, 1.82) is 0 Å². The van der Waals surface area contributed by atoms with Gasteiger partial charge in [0.1, 0.15) is 28.5 Å². The minimum atomic E-state index is -0.216. The molecule has 0 bridgehead atoms. The number of carbonyl (C=O) groups is 1. The first-order valence-electron chi connectivity index (χ1n) is 10.9. The lowest BCUT2D eigenvalue weighted by Crippen LogP contribution is -2.35. The summed E-state index contributed by atoms with van der Waals surface area (Å²) in [5.74, 6) is 1.78. The van der Waals surface area contributed by atoms with Crippen LogP contribution in [0.15, 0.2) is 60.9 Å². The highest BCUT2D eigenvalue weighted by atomic mass is 35.5. The van der Waals surface area contributed by atoms with E-state index >= 15 is 0 Å². The summed E-state index contributed by atoms with van der Waals surface area (Å²) in [5.41, 5.74) is 2.87. The van der Waals surface area contributed by atoms with Gasteiger partial charge in [0.15, 0.2) is 5.78 Å². The van der Waals surface area contributed by atoms with Crippen LogP contribution < -0.4 is 10.1 Å². The van der Waals surface area contributed by atoms with Crippen LogP contribution in [0.1, 0.15) is 27.8 Å². The average Bonchev–Trinajstić information content (AvgIpc) is 3.49. The molecule has 1 atom stereocenters. The summed E-state index contributed by atoms with van der Waals surface area (Å²) in [7, 11) is 0. The van der Waals surface area contributed by atoms with Gasteiger partial charge in [-0.2, -0.15) is 0 Å². The molecule has 34 heavy (non-hydrogen) atoms. The normalized spacial score (nSPS) is 16.2. The van der Waals surface area contributed by atoms with E-state index in [9.17, 15) is 4.79 Å². The van der Waals surface area contributed by atoms with E-state index in [1.54, 1.807) is 30.6 Å². The van der Waals surface area contributed by atoms with Gasteiger partial charge in [0.05, 0.1) is 46.9 Å². The third-order valence-corrected chi connectivity index (χ3v) is 6.15. The number of fused-ring (bicyclic) bond motifs is 3. The summed E-state index contributed by atoms with van der Waals surface area (Å²) < 4.78 is 11.4. The Morgan fingerprint density at radius 3 is 2.79 bits per heavy atom. The number of hydrogen-bond donors (Lipinski definition) is 3. The van der Waals surface area contributed by atoms with E-state index in [1.165, 1.54) is 0 Å². The van der Waals surface area contributed by atoms with Crippen LogP contribution in [0.4, 0.5) is 0 Å². The SMILES string of the molecule is O=C(c1ccc(Oc2ccccc2)cc1Cl)c1c[nH]c2ncc3nc(C4COCCN4)[nH]c3c12. The molecule has 8 nitrogen and oxygen atoms in total. The largest absolute Gasteiger partial charge is 0.457 e. The number of rotatable bonds is 5. The van der Waals surface area contributed by atoms with Crippen molar-refractivity contribution in [3.8, 4) is 11.5 Å². The lowest BCUT2D eigenvalue weighted by Gasteiger charge is -2.21. The molecular formula is C25H20ClN5O3. The zero-order valence-electron chi connectivity index (χ0n) is 18.0. The van der Waals surface area contributed by atoms with Gasteiger partial charge in [-0.15, -0.1) is 0 Å². The van der Waals surface area contributed by atoms with Gasteiger partial charge in [0.25, 0.3) is 0 Å². The van der Waals surface area contributed by atoms with Gasteiger partial charge in [-0.25, -0.2) is 9.97 Å². The zero-order valence-corrected chi connectivity index (χ0v) is 18.7. The minimum Gasteiger partial charge on any atom is -0.457 e. The molecule has 5 aromatic rings. The second-order valence-electron chi connectivity index (χ2n) is 8.03. The van der Waals surface area contributed by atoms with E-state index in [0.717, 1.165) is 17.9 Å². The van der Waals surface area contributed by atoms with Gasteiger partial charge in [-0.1, -0.05) is 29.8 Å². The minimum absolute atomic E-state index is 0.0408. The van der Waals surface area contributed by atoms with E-state index in [2.05, 4.69) is 25.3 Å². The summed E-state index contributed by atoms with van der Waals surface area (Å²) in [6.45, 7) is 1.96. The molecular weight excluding hydrogens is 454 g/mol. The molecule has 2 aromatic carbocycles. The molecule has 3 aromatic heterocycles. The van der Waals surface area contributed by atoms with Crippen molar-refractivity contribution in [2.24, 2.45) is 0 Å². The standard InChI is InChI=1S/C25H20ClN5O3/c26-18-10-15(34-14-4-2-1-3-5-14)6-7-16(18)23(32)17-11-28-25-21(17)22-19(12-29-25)30-24(31-22)20-13-33-9-8-27-20/h1-7,10-12,20,27H,8-9,13H2,(H,28,29)(H,30,31). The Balaban J connectivity index is 1.36. The Hall–Kier alpha value is -3.72. The van der Waals surface area contributed by atoms with Crippen LogP contribution >= 0.6 is 11.6 Å². The fourth-order valence-corrected chi connectivity index (χ4v) is 4.44. The van der Waals surface area contributed by atoms with Crippen molar-refractivity contribution in [3.05, 3.63) is 82.9 Å². The molecule has 9 heteroatoms. The topological polar surface area (TPSA) is 105 Å². The summed E-state index contributed by atoms with van der Waals surface area (Å²) in [5, 5.41) is 4.37. The highest BCUT2D eigenvalue weighted by Gasteiger charge is 2.23. The van der Waals surface area contributed by atoms with E-state index in [-0.39, 0.29) is 11.8 Å². The fraction of sp³-hybridized carbons (Fsp3) is 0.160. The molecule has 1 aliphatic heterocycles. The van der Waals surface area contributed by atoms with Crippen LogP contribution in [0.25, 0.3) is 22.1 Å². The van der Waals surface area contributed by atoms with Crippen LogP contribution in [0.2, 0.25) is 5.02 Å². The van der Waals surface area contributed by atoms with Crippen LogP contribution in [-0.4, -0.2) is 45.5 Å².